The standard InChI is InChI=1S/C32H31Cl2N3O2S/c33-26-8-6-25(7-9-26)30-29(24-4-2-1-3-5-24)20-37(35-30)31(36-40(38,39)28-12-10-27(34)11-13-28)32-17-21-14-22(18-32)16-23(15-21)19-32/h1-13,21-23,29H,14-20H2/b36-31+. The maximum Gasteiger partial charge on any atom is 0.284 e. The predicted octanol–water partition coefficient (Wildman–Crippen LogP) is 7.80. The van der Waals surface area contributed by atoms with Crippen molar-refractivity contribution in [2.75, 3.05) is 6.54 Å². The first kappa shape index (κ1) is 26.2. The number of hydrazone groups is 1. The molecule has 3 aromatic rings. The summed E-state index contributed by atoms with van der Waals surface area (Å²) in [7, 11) is -3.98. The van der Waals surface area contributed by atoms with Crippen molar-refractivity contribution in [3.63, 3.8) is 0 Å². The van der Waals surface area contributed by atoms with Gasteiger partial charge in [0.05, 0.1) is 17.2 Å². The topological polar surface area (TPSA) is 62.1 Å². The van der Waals surface area contributed by atoms with E-state index < -0.39 is 10.0 Å². The molecule has 0 amide bonds. The Morgan fingerprint density at radius 3 is 1.93 bits per heavy atom. The Hall–Kier alpha value is -2.67. The van der Waals surface area contributed by atoms with Crippen LogP contribution in [0.1, 0.15) is 55.6 Å². The van der Waals surface area contributed by atoms with Crippen molar-refractivity contribution in [2.45, 2.75) is 49.3 Å². The average molecular weight is 593 g/mol. The van der Waals surface area contributed by atoms with Gasteiger partial charge in [-0.15, -0.1) is 4.40 Å². The lowest BCUT2D eigenvalue weighted by Crippen LogP contribution is -2.53. The number of amidine groups is 1. The van der Waals surface area contributed by atoms with E-state index in [9.17, 15) is 8.42 Å². The van der Waals surface area contributed by atoms with Gasteiger partial charge >= 0.3 is 0 Å². The van der Waals surface area contributed by atoms with Gasteiger partial charge in [-0.1, -0.05) is 65.7 Å². The van der Waals surface area contributed by atoms with E-state index in [-0.39, 0.29) is 16.2 Å². The fourth-order valence-electron chi connectivity index (χ4n) is 8.04. The van der Waals surface area contributed by atoms with E-state index >= 15 is 0 Å². The number of nitrogens with zero attached hydrogens (tertiary/aromatic N) is 3. The maximum atomic E-state index is 13.8. The molecule has 1 atom stereocenters. The smallest absolute Gasteiger partial charge is 0.249 e. The SMILES string of the molecule is O=S(=O)(/N=C(/N1CC(c2ccccc2)C(c2ccc(Cl)cc2)=N1)C12CC3CC(CC(C3)C1)C2)c1ccc(Cl)cc1. The summed E-state index contributed by atoms with van der Waals surface area (Å²) in [6.45, 7) is 0.540. The Bertz CT molecular complexity index is 1550. The second kappa shape index (κ2) is 10.0. The van der Waals surface area contributed by atoms with E-state index in [4.69, 9.17) is 32.7 Å². The van der Waals surface area contributed by atoms with Crippen LogP contribution in [0.25, 0.3) is 0 Å². The number of halogens is 2. The number of sulfonamides is 1. The molecule has 1 heterocycles. The summed E-state index contributed by atoms with van der Waals surface area (Å²) in [6, 6.07) is 24.3. The molecule has 8 rings (SSSR count). The molecule has 4 fully saturated rings. The maximum absolute atomic E-state index is 13.8. The highest BCUT2D eigenvalue weighted by Gasteiger charge is 2.55. The quantitative estimate of drug-likeness (QED) is 0.224. The third-order valence-corrected chi connectivity index (χ3v) is 11.1. The van der Waals surface area contributed by atoms with E-state index in [2.05, 4.69) is 12.1 Å². The molecular formula is C32H31Cl2N3O2S. The number of hydrogen-bond donors (Lipinski definition) is 0. The lowest BCUT2D eigenvalue weighted by Gasteiger charge is -2.57. The van der Waals surface area contributed by atoms with E-state index in [1.807, 2.05) is 47.5 Å². The minimum atomic E-state index is -3.98. The van der Waals surface area contributed by atoms with Gasteiger partial charge < -0.3 is 0 Å². The van der Waals surface area contributed by atoms with Gasteiger partial charge in [0.25, 0.3) is 10.0 Å². The summed E-state index contributed by atoms with van der Waals surface area (Å²) in [5.74, 6) is 2.47. The molecule has 0 spiro atoms. The normalized spacial score (nSPS) is 29.6. The molecule has 0 aromatic heterocycles. The van der Waals surface area contributed by atoms with E-state index in [1.54, 1.807) is 12.1 Å². The summed E-state index contributed by atoms with van der Waals surface area (Å²) >= 11 is 12.3. The van der Waals surface area contributed by atoms with Crippen molar-refractivity contribution >= 4 is 44.8 Å². The zero-order chi connectivity index (χ0) is 27.5. The largest absolute Gasteiger partial charge is 0.284 e. The first-order valence-electron chi connectivity index (χ1n) is 14.1. The second-order valence-electron chi connectivity index (χ2n) is 12.1. The lowest BCUT2D eigenvalue weighted by molar-refractivity contribution is -0.0180. The van der Waals surface area contributed by atoms with Crippen molar-refractivity contribution in [1.29, 1.82) is 0 Å². The number of hydrogen-bond acceptors (Lipinski definition) is 3. The second-order valence-corrected chi connectivity index (χ2v) is 14.6. The van der Waals surface area contributed by atoms with E-state index in [0.29, 0.717) is 40.2 Å². The van der Waals surface area contributed by atoms with Gasteiger partial charge in [-0.2, -0.15) is 13.5 Å². The van der Waals surface area contributed by atoms with Gasteiger partial charge in [0.1, 0.15) is 5.84 Å². The fourth-order valence-corrected chi connectivity index (χ4v) is 9.39. The number of benzene rings is 3. The van der Waals surface area contributed by atoms with Crippen LogP contribution in [-0.2, 0) is 10.0 Å². The molecule has 4 saturated carbocycles. The van der Waals surface area contributed by atoms with Crippen LogP contribution in [0.15, 0.2) is 93.3 Å². The zero-order valence-electron chi connectivity index (χ0n) is 22.1. The summed E-state index contributed by atoms with van der Waals surface area (Å²) < 4.78 is 32.3. The van der Waals surface area contributed by atoms with Crippen LogP contribution >= 0.6 is 23.2 Å². The Balaban J connectivity index is 1.37. The van der Waals surface area contributed by atoms with Crippen molar-refractivity contribution in [3.8, 4) is 0 Å². The van der Waals surface area contributed by atoms with Crippen molar-refractivity contribution in [1.82, 2.24) is 5.01 Å². The first-order chi connectivity index (χ1) is 19.3. The molecule has 0 radical (unpaired) electrons. The third kappa shape index (κ3) is 4.78. The summed E-state index contributed by atoms with van der Waals surface area (Å²) in [5, 5.41) is 8.28. The van der Waals surface area contributed by atoms with Gasteiger partial charge in [-0.25, -0.2) is 5.01 Å². The van der Waals surface area contributed by atoms with Crippen LogP contribution in [0.4, 0.5) is 0 Å². The molecule has 8 heteroatoms. The van der Waals surface area contributed by atoms with E-state index in [0.717, 1.165) is 36.1 Å². The molecule has 3 aromatic carbocycles. The Morgan fingerprint density at radius 2 is 1.35 bits per heavy atom. The van der Waals surface area contributed by atoms with Gasteiger partial charge in [0, 0.05) is 21.4 Å². The molecule has 4 bridgehead atoms. The molecule has 5 nitrogen and oxygen atoms in total. The molecule has 1 aliphatic heterocycles. The predicted molar refractivity (Wildman–Crippen MR) is 161 cm³/mol. The zero-order valence-corrected chi connectivity index (χ0v) is 24.4. The Labute approximate surface area is 246 Å². The molecule has 4 aliphatic carbocycles. The Morgan fingerprint density at radius 1 is 0.800 bits per heavy atom. The highest BCUT2D eigenvalue weighted by molar-refractivity contribution is 7.90. The highest BCUT2D eigenvalue weighted by Crippen LogP contribution is 2.61. The van der Waals surface area contributed by atoms with Crippen LogP contribution in [0.3, 0.4) is 0 Å². The molecule has 0 saturated heterocycles. The Kier molecular flexibility index (Phi) is 6.56. The first-order valence-corrected chi connectivity index (χ1v) is 16.3. The van der Waals surface area contributed by atoms with Gasteiger partial charge in [-0.05, 0) is 104 Å². The molecule has 0 N–H and O–H groups in total. The molecule has 5 aliphatic rings. The van der Waals surface area contributed by atoms with Crippen LogP contribution in [0.2, 0.25) is 10.0 Å². The fraction of sp³-hybridized carbons (Fsp3) is 0.375. The van der Waals surface area contributed by atoms with Gasteiger partial charge in [0.15, 0.2) is 0 Å². The summed E-state index contributed by atoms with van der Waals surface area (Å²) in [6.07, 6.45) is 6.69. The minimum absolute atomic E-state index is 0.0280. The van der Waals surface area contributed by atoms with Crippen LogP contribution in [-0.4, -0.2) is 31.5 Å². The lowest BCUT2D eigenvalue weighted by atomic mass is 9.49. The van der Waals surface area contributed by atoms with E-state index in [1.165, 1.54) is 31.4 Å². The van der Waals surface area contributed by atoms with Crippen LogP contribution in [0.5, 0.6) is 0 Å². The van der Waals surface area contributed by atoms with Crippen LogP contribution < -0.4 is 0 Å². The molecule has 206 valence electrons. The van der Waals surface area contributed by atoms with Crippen molar-refractivity contribution in [2.24, 2.45) is 32.7 Å². The average Bonchev–Trinajstić information content (AvgIpc) is 3.37. The van der Waals surface area contributed by atoms with Gasteiger partial charge in [0.2, 0.25) is 0 Å². The minimum Gasteiger partial charge on any atom is -0.249 e. The molecule has 40 heavy (non-hydrogen) atoms. The van der Waals surface area contributed by atoms with Crippen molar-refractivity contribution in [3.05, 3.63) is 100 Å². The summed E-state index contributed by atoms with van der Waals surface area (Å²) in [4.78, 5) is 0.153. The van der Waals surface area contributed by atoms with Crippen molar-refractivity contribution < 1.29 is 8.42 Å². The number of rotatable bonds is 5. The molecule has 1 unspecified atom stereocenters. The van der Waals surface area contributed by atoms with Crippen LogP contribution in [0, 0.1) is 23.2 Å². The summed E-state index contributed by atoms with van der Waals surface area (Å²) in [5.41, 5.74) is 2.74. The highest BCUT2D eigenvalue weighted by atomic mass is 35.5. The molecular weight excluding hydrogens is 561 g/mol. The third-order valence-electron chi connectivity index (χ3n) is 9.33. The van der Waals surface area contributed by atoms with Gasteiger partial charge in [-0.3, -0.25) is 0 Å². The monoisotopic (exact) mass is 591 g/mol.